The Morgan fingerprint density at radius 3 is 2.50 bits per heavy atom. The van der Waals surface area contributed by atoms with Crippen molar-refractivity contribution in [1.82, 2.24) is 0 Å². The Balaban J connectivity index is 2.21. The van der Waals surface area contributed by atoms with Gasteiger partial charge in [0.2, 0.25) is 0 Å². The lowest BCUT2D eigenvalue weighted by Gasteiger charge is -2.32. The molecule has 1 saturated heterocycles. The van der Waals surface area contributed by atoms with Crippen molar-refractivity contribution in [3.05, 3.63) is 0 Å². The van der Waals surface area contributed by atoms with E-state index < -0.39 is 10.1 Å². The van der Waals surface area contributed by atoms with Gasteiger partial charge in [-0.15, -0.1) is 0 Å². The zero-order valence-corrected chi connectivity index (χ0v) is 9.60. The van der Waals surface area contributed by atoms with Crippen LogP contribution >= 0.6 is 0 Å². The van der Waals surface area contributed by atoms with Gasteiger partial charge in [-0.3, -0.25) is 4.18 Å². The van der Waals surface area contributed by atoms with E-state index in [0.29, 0.717) is 5.92 Å². The highest BCUT2D eigenvalue weighted by Crippen LogP contribution is 2.70. The van der Waals surface area contributed by atoms with Crippen molar-refractivity contribution in [2.45, 2.75) is 45.0 Å². The van der Waals surface area contributed by atoms with E-state index in [1.165, 1.54) is 0 Å². The molecule has 4 unspecified atom stereocenters. The molecule has 0 aromatic carbocycles. The molecule has 1 heterocycles. The van der Waals surface area contributed by atoms with Gasteiger partial charge in [0.05, 0.1) is 11.4 Å². The van der Waals surface area contributed by atoms with Gasteiger partial charge in [0.15, 0.2) is 0 Å². The number of hydrogen-bond acceptors (Lipinski definition) is 3. The molecule has 0 aromatic heterocycles. The standard InChI is InChI=1S/C10H16O3S/c1-6-8-10(3)5-9(6,2)4-7(10)14(11,12)13-8/h6-8H,4-5H2,1-3H3/t6-,7?,8?,9?,10?/m0/s1. The average Bonchev–Trinajstić information content (AvgIpc) is 2.46. The van der Waals surface area contributed by atoms with Crippen LogP contribution in [0, 0.1) is 16.7 Å². The lowest BCUT2D eigenvalue weighted by atomic mass is 9.74. The molecule has 3 nitrogen and oxygen atoms in total. The van der Waals surface area contributed by atoms with E-state index in [0.717, 1.165) is 12.8 Å². The molecule has 0 radical (unpaired) electrons. The summed E-state index contributed by atoms with van der Waals surface area (Å²) in [6.45, 7) is 6.43. The van der Waals surface area contributed by atoms with Crippen molar-refractivity contribution in [1.29, 1.82) is 0 Å². The molecule has 2 aliphatic carbocycles. The first-order chi connectivity index (χ1) is 6.30. The zero-order chi connectivity index (χ0) is 10.4. The van der Waals surface area contributed by atoms with Crippen LogP contribution in [0.25, 0.3) is 0 Å². The van der Waals surface area contributed by atoms with E-state index in [-0.39, 0.29) is 22.2 Å². The predicted molar refractivity (Wildman–Crippen MR) is 52.2 cm³/mol. The Hall–Kier alpha value is -0.0900. The minimum absolute atomic E-state index is 0.0590. The van der Waals surface area contributed by atoms with E-state index in [4.69, 9.17) is 4.18 Å². The molecule has 3 rings (SSSR count). The molecule has 0 N–H and O–H groups in total. The van der Waals surface area contributed by atoms with Crippen molar-refractivity contribution < 1.29 is 12.6 Å². The predicted octanol–water partition coefficient (Wildman–Crippen LogP) is 1.54. The fourth-order valence-electron chi connectivity index (χ4n) is 4.12. The molecule has 2 saturated carbocycles. The molecule has 5 atom stereocenters. The summed E-state index contributed by atoms with van der Waals surface area (Å²) in [5.41, 5.74) is 0.0840. The van der Waals surface area contributed by atoms with E-state index in [1.807, 2.05) is 0 Å². The minimum Gasteiger partial charge on any atom is -0.266 e. The summed E-state index contributed by atoms with van der Waals surface area (Å²) < 4.78 is 28.8. The molecule has 80 valence electrons. The topological polar surface area (TPSA) is 43.4 Å². The fourth-order valence-corrected chi connectivity index (χ4v) is 6.39. The Morgan fingerprint density at radius 2 is 2.00 bits per heavy atom. The van der Waals surface area contributed by atoms with Crippen LogP contribution in [0.4, 0.5) is 0 Å². The Bertz CT molecular complexity index is 402. The van der Waals surface area contributed by atoms with E-state index >= 15 is 0 Å². The number of rotatable bonds is 0. The fraction of sp³-hybridized carbons (Fsp3) is 1.00. The smallest absolute Gasteiger partial charge is 0.266 e. The molecular formula is C10H16O3S. The second-order valence-electron chi connectivity index (χ2n) is 5.83. The zero-order valence-electron chi connectivity index (χ0n) is 8.78. The normalized spacial score (nSPS) is 63.5. The van der Waals surface area contributed by atoms with Gasteiger partial charge in [-0.1, -0.05) is 20.8 Å². The van der Waals surface area contributed by atoms with Gasteiger partial charge in [0, 0.05) is 5.41 Å². The maximum atomic E-state index is 11.8. The van der Waals surface area contributed by atoms with Crippen molar-refractivity contribution in [3.63, 3.8) is 0 Å². The average molecular weight is 216 g/mol. The lowest BCUT2D eigenvalue weighted by molar-refractivity contribution is 0.0712. The maximum absolute atomic E-state index is 11.8. The minimum atomic E-state index is -3.26. The third kappa shape index (κ3) is 0.735. The summed E-state index contributed by atoms with van der Waals surface area (Å²) in [6, 6.07) is 0. The molecule has 0 spiro atoms. The van der Waals surface area contributed by atoms with Crippen LogP contribution < -0.4 is 0 Å². The second kappa shape index (κ2) is 2.05. The number of hydrogen-bond donors (Lipinski definition) is 0. The van der Waals surface area contributed by atoms with Crippen LogP contribution in [-0.4, -0.2) is 19.8 Å². The summed E-state index contributed by atoms with van der Waals surface area (Å²) in [5.74, 6) is 0.376. The quantitative estimate of drug-likeness (QED) is 0.577. The molecule has 0 aromatic rings. The molecule has 1 aliphatic heterocycles. The van der Waals surface area contributed by atoms with Gasteiger partial charge in [-0.25, -0.2) is 0 Å². The van der Waals surface area contributed by atoms with Crippen molar-refractivity contribution in [2.24, 2.45) is 16.7 Å². The SMILES string of the molecule is C[C@H]1C2OS(=O)(=O)C3CC1(C)CC23C. The molecule has 4 heteroatoms. The Kier molecular flexibility index (Phi) is 1.34. The highest BCUT2D eigenvalue weighted by Gasteiger charge is 2.73. The van der Waals surface area contributed by atoms with Gasteiger partial charge < -0.3 is 0 Å². The van der Waals surface area contributed by atoms with Crippen molar-refractivity contribution >= 4 is 10.1 Å². The van der Waals surface area contributed by atoms with Gasteiger partial charge in [-0.05, 0) is 24.2 Å². The summed E-state index contributed by atoms with van der Waals surface area (Å²) in [5, 5.41) is -0.235. The summed E-state index contributed by atoms with van der Waals surface area (Å²) in [4.78, 5) is 0. The van der Waals surface area contributed by atoms with Crippen LogP contribution in [-0.2, 0) is 14.3 Å². The van der Waals surface area contributed by atoms with E-state index in [9.17, 15) is 8.42 Å². The molecular weight excluding hydrogens is 200 g/mol. The molecule has 14 heavy (non-hydrogen) atoms. The third-order valence-corrected chi connectivity index (χ3v) is 6.84. The Morgan fingerprint density at radius 1 is 1.36 bits per heavy atom. The number of fused-ring (bicyclic) bond motifs is 1. The molecule has 3 aliphatic rings. The highest BCUT2D eigenvalue weighted by atomic mass is 32.2. The Labute approximate surface area is 85.0 Å². The summed E-state index contributed by atoms with van der Waals surface area (Å²) in [6.07, 6.45) is 1.75. The third-order valence-electron chi connectivity index (χ3n) is 4.96. The summed E-state index contributed by atoms with van der Waals surface area (Å²) in [7, 11) is -3.26. The monoisotopic (exact) mass is 216 g/mol. The summed E-state index contributed by atoms with van der Waals surface area (Å²) >= 11 is 0. The molecule has 0 amide bonds. The van der Waals surface area contributed by atoms with Crippen LogP contribution in [0.15, 0.2) is 0 Å². The van der Waals surface area contributed by atoms with Gasteiger partial charge in [0.1, 0.15) is 0 Å². The van der Waals surface area contributed by atoms with E-state index in [2.05, 4.69) is 20.8 Å². The van der Waals surface area contributed by atoms with Gasteiger partial charge >= 0.3 is 0 Å². The van der Waals surface area contributed by atoms with E-state index in [1.54, 1.807) is 0 Å². The molecule has 3 fully saturated rings. The van der Waals surface area contributed by atoms with Gasteiger partial charge in [-0.2, -0.15) is 8.42 Å². The van der Waals surface area contributed by atoms with Crippen LogP contribution in [0.1, 0.15) is 33.6 Å². The van der Waals surface area contributed by atoms with Crippen LogP contribution in [0.2, 0.25) is 0 Å². The first kappa shape index (κ1) is 9.16. The highest BCUT2D eigenvalue weighted by molar-refractivity contribution is 7.87. The first-order valence-electron chi connectivity index (χ1n) is 5.22. The second-order valence-corrected chi connectivity index (χ2v) is 7.57. The maximum Gasteiger partial charge on any atom is 0.271 e. The van der Waals surface area contributed by atoms with Crippen LogP contribution in [0.3, 0.4) is 0 Å². The lowest BCUT2D eigenvalue weighted by Crippen LogP contribution is -2.38. The van der Waals surface area contributed by atoms with Crippen molar-refractivity contribution in [2.75, 3.05) is 0 Å². The van der Waals surface area contributed by atoms with Crippen molar-refractivity contribution in [3.8, 4) is 0 Å². The largest absolute Gasteiger partial charge is 0.271 e. The van der Waals surface area contributed by atoms with Crippen LogP contribution in [0.5, 0.6) is 0 Å². The van der Waals surface area contributed by atoms with Gasteiger partial charge in [0.25, 0.3) is 10.1 Å². The molecule has 2 bridgehead atoms. The first-order valence-corrected chi connectivity index (χ1v) is 6.69.